The first-order valence-electron chi connectivity index (χ1n) is 10.6. The monoisotopic (exact) mass is 485 g/mol. The summed E-state index contributed by atoms with van der Waals surface area (Å²) in [6, 6.07) is 3.20. The van der Waals surface area contributed by atoms with E-state index in [1.54, 1.807) is 18.5 Å². The van der Waals surface area contributed by atoms with E-state index in [1.807, 2.05) is 0 Å². The summed E-state index contributed by atoms with van der Waals surface area (Å²) in [5.41, 5.74) is 1.24. The lowest BCUT2D eigenvalue weighted by atomic mass is 10.1. The molecule has 0 bridgehead atoms. The average Bonchev–Trinajstić information content (AvgIpc) is 3.34. The zero-order valence-corrected chi connectivity index (χ0v) is 17.7. The van der Waals surface area contributed by atoms with E-state index in [4.69, 9.17) is 0 Å². The summed E-state index contributed by atoms with van der Waals surface area (Å²) in [5, 5.41) is 4.42. The number of imidazole rings is 1. The normalized spacial score (nSPS) is 17.9. The van der Waals surface area contributed by atoms with Gasteiger partial charge in [-0.3, -0.25) is 14.8 Å². The van der Waals surface area contributed by atoms with Crippen molar-refractivity contribution in [2.45, 2.75) is 31.0 Å². The molecule has 0 saturated heterocycles. The van der Waals surface area contributed by atoms with Crippen molar-refractivity contribution in [2.75, 3.05) is 0 Å². The highest BCUT2D eigenvalue weighted by Gasteiger charge is 2.43. The van der Waals surface area contributed by atoms with Crippen molar-refractivity contribution in [3.05, 3.63) is 81.0 Å². The van der Waals surface area contributed by atoms with Gasteiger partial charge in [0.1, 0.15) is 12.4 Å². The molecule has 5 heterocycles. The second-order valence-corrected chi connectivity index (χ2v) is 8.46. The fourth-order valence-electron chi connectivity index (χ4n) is 4.50. The smallest absolute Gasteiger partial charge is 0.335 e. The molecule has 1 aliphatic carbocycles. The Hall–Kier alpha value is -4.29. The first kappa shape index (κ1) is 21.3. The molecule has 2 N–H and O–H groups in total. The highest BCUT2D eigenvalue weighted by molar-refractivity contribution is 5.80. The molecule has 5 aromatic rings. The van der Waals surface area contributed by atoms with Gasteiger partial charge in [0, 0.05) is 48.2 Å². The van der Waals surface area contributed by atoms with Crippen molar-refractivity contribution < 1.29 is 17.6 Å². The van der Waals surface area contributed by atoms with Crippen LogP contribution in [0.4, 0.5) is 17.6 Å². The summed E-state index contributed by atoms with van der Waals surface area (Å²) < 4.78 is 55.4. The molecule has 0 aromatic carbocycles. The van der Waals surface area contributed by atoms with Gasteiger partial charge in [0.25, 0.3) is 5.56 Å². The average molecular weight is 485 g/mol. The summed E-state index contributed by atoms with van der Waals surface area (Å²) >= 11 is 0. The molecule has 1 fully saturated rings. The van der Waals surface area contributed by atoms with Crippen LogP contribution in [0.2, 0.25) is 0 Å². The summed E-state index contributed by atoms with van der Waals surface area (Å²) in [6.45, 7) is -1.30. The molecule has 0 radical (unpaired) electrons. The SMILES string of the molecule is O=c1[nH]cc(-c2cc([C@H]3C[C@@H]3c3cc4c(cn3)c(F)cn4CC(F)(F)F)c3nccn3n2)c(=O)[nH]1. The van der Waals surface area contributed by atoms with Crippen LogP contribution in [0.25, 0.3) is 27.8 Å². The van der Waals surface area contributed by atoms with Gasteiger partial charge in [-0.15, -0.1) is 0 Å². The van der Waals surface area contributed by atoms with Crippen LogP contribution in [-0.4, -0.2) is 40.3 Å². The van der Waals surface area contributed by atoms with E-state index in [0.29, 0.717) is 23.5 Å². The van der Waals surface area contributed by atoms with Gasteiger partial charge < -0.3 is 9.55 Å². The van der Waals surface area contributed by atoms with Gasteiger partial charge in [0.15, 0.2) is 5.65 Å². The maximum atomic E-state index is 14.2. The zero-order valence-electron chi connectivity index (χ0n) is 17.7. The summed E-state index contributed by atoms with van der Waals surface area (Å²) in [4.78, 5) is 36.9. The van der Waals surface area contributed by atoms with E-state index < -0.39 is 29.8 Å². The Labute approximate surface area is 192 Å². The molecule has 13 heteroatoms. The maximum Gasteiger partial charge on any atom is 0.406 e. The Morgan fingerprint density at radius 1 is 1.14 bits per heavy atom. The van der Waals surface area contributed by atoms with Crippen molar-refractivity contribution in [1.82, 2.24) is 34.1 Å². The number of nitrogens with one attached hydrogen (secondary N) is 2. The second-order valence-electron chi connectivity index (χ2n) is 8.46. The van der Waals surface area contributed by atoms with E-state index in [2.05, 4.69) is 25.0 Å². The largest absolute Gasteiger partial charge is 0.406 e. The van der Waals surface area contributed by atoms with Crippen LogP contribution < -0.4 is 11.2 Å². The van der Waals surface area contributed by atoms with Crippen LogP contribution >= 0.6 is 0 Å². The minimum Gasteiger partial charge on any atom is -0.335 e. The summed E-state index contributed by atoms with van der Waals surface area (Å²) in [5.74, 6) is -0.995. The molecule has 178 valence electrons. The molecule has 1 saturated carbocycles. The predicted molar refractivity (Wildman–Crippen MR) is 116 cm³/mol. The van der Waals surface area contributed by atoms with Crippen molar-refractivity contribution in [3.8, 4) is 11.3 Å². The van der Waals surface area contributed by atoms with Gasteiger partial charge in [-0.05, 0) is 24.5 Å². The van der Waals surface area contributed by atoms with Gasteiger partial charge in [0.2, 0.25) is 0 Å². The summed E-state index contributed by atoms with van der Waals surface area (Å²) in [6.07, 6.45) is 2.68. The number of hydrogen-bond acceptors (Lipinski definition) is 5. The second kappa shape index (κ2) is 7.35. The fraction of sp³-hybridized carbons (Fsp3) is 0.227. The molecule has 0 unspecified atom stereocenters. The van der Waals surface area contributed by atoms with Crippen LogP contribution in [0, 0.1) is 5.82 Å². The number of pyridine rings is 1. The van der Waals surface area contributed by atoms with Gasteiger partial charge >= 0.3 is 11.9 Å². The van der Waals surface area contributed by atoms with Crippen LogP contribution in [0.15, 0.2) is 52.7 Å². The topological polar surface area (TPSA) is 114 Å². The van der Waals surface area contributed by atoms with Crippen molar-refractivity contribution in [3.63, 3.8) is 0 Å². The number of aromatic amines is 2. The Morgan fingerprint density at radius 3 is 2.74 bits per heavy atom. The van der Waals surface area contributed by atoms with E-state index in [-0.39, 0.29) is 28.3 Å². The highest BCUT2D eigenvalue weighted by Crippen LogP contribution is 2.55. The lowest BCUT2D eigenvalue weighted by Gasteiger charge is -2.10. The van der Waals surface area contributed by atoms with Gasteiger partial charge in [-0.2, -0.15) is 18.3 Å². The molecular formula is C22H15F4N7O2. The number of nitrogens with zero attached hydrogens (tertiary/aromatic N) is 5. The van der Waals surface area contributed by atoms with Crippen LogP contribution in [-0.2, 0) is 6.54 Å². The van der Waals surface area contributed by atoms with Crippen LogP contribution in [0.5, 0.6) is 0 Å². The zero-order chi connectivity index (χ0) is 24.5. The van der Waals surface area contributed by atoms with E-state index in [9.17, 15) is 27.2 Å². The number of hydrogen-bond donors (Lipinski definition) is 2. The third-order valence-corrected chi connectivity index (χ3v) is 6.14. The molecule has 2 atom stereocenters. The third-order valence-electron chi connectivity index (χ3n) is 6.14. The fourth-order valence-corrected chi connectivity index (χ4v) is 4.50. The molecule has 5 aromatic heterocycles. The molecule has 0 amide bonds. The van der Waals surface area contributed by atoms with E-state index in [1.165, 1.54) is 23.0 Å². The Bertz CT molecular complexity index is 1730. The molecule has 0 aliphatic heterocycles. The first-order chi connectivity index (χ1) is 16.7. The lowest BCUT2D eigenvalue weighted by molar-refractivity contribution is -0.139. The van der Waals surface area contributed by atoms with Crippen molar-refractivity contribution in [1.29, 1.82) is 0 Å². The molecule has 6 rings (SSSR count). The quantitative estimate of drug-likeness (QED) is 0.380. The Balaban J connectivity index is 1.40. The van der Waals surface area contributed by atoms with Gasteiger partial charge in [-0.25, -0.2) is 18.7 Å². The molecule has 9 nitrogen and oxygen atoms in total. The minimum atomic E-state index is -4.50. The lowest BCUT2D eigenvalue weighted by Crippen LogP contribution is -2.23. The van der Waals surface area contributed by atoms with Gasteiger partial charge in [0.05, 0.1) is 22.2 Å². The molecule has 0 spiro atoms. The Morgan fingerprint density at radius 2 is 1.97 bits per heavy atom. The number of fused-ring (bicyclic) bond motifs is 2. The molecular weight excluding hydrogens is 470 g/mol. The summed E-state index contributed by atoms with van der Waals surface area (Å²) in [7, 11) is 0. The number of alkyl halides is 3. The van der Waals surface area contributed by atoms with Crippen LogP contribution in [0.1, 0.15) is 29.5 Å². The van der Waals surface area contributed by atoms with E-state index >= 15 is 0 Å². The van der Waals surface area contributed by atoms with Crippen molar-refractivity contribution >= 4 is 16.6 Å². The standard InChI is InChI=1S/C22H15F4N7O2/c23-15-8-32(9-22(24,25)26)18-5-16(28-6-13(15)18)11-3-10(11)12-4-17(31-33-2-1-27-19(12)33)14-7-29-21(35)30-20(14)34/h1-2,4-8,10-11H,3,9H2,(H2,29,30,34,35)/t10-,11-/m0/s1. The third kappa shape index (κ3) is 3.68. The highest BCUT2D eigenvalue weighted by atomic mass is 19.4. The number of halogens is 4. The maximum absolute atomic E-state index is 14.2. The van der Waals surface area contributed by atoms with E-state index in [0.717, 1.165) is 16.3 Å². The van der Waals surface area contributed by atoms with Crippen molar-refractivity contribution in [2.24, 2.45) is 0 Å². The van der Waals surface area contributed by atoms with Gasteiger partial charge in [-0.1, -0.05) is 0 Å². The first-order valence-corrected chi connectivity index (χ1v) is 10.6. The minimum absolute atomic E-state index is 0.0225. The van der Waals surface area contributed by atoms with Crippen LogP contribution in [0.3, 0.4) is 0 Å². The number of rotatable bonds is 4. The number of H-pyrrole nitrogens is 2. The molecule has 1 aliphatic rings. The predicted octanol–water partition coefficient (Wildman–Crippen LogP) is 3.10. The molecule has 35 heavy (non-hydrogen) atoms. The Kier molecular flexibility index (Phi) is 4.47. The number of aromatic nitrogens is 7.